The molecule has 0 bridgehead atoms. The minimum Gasteiger partial charge on any atom is -0.355 e. The predicted molar refractivity (Wildman–Crippen MR) is 59.6 cm³/mol. The zero-order chi connectivity index (χ0) is 11.0. The monoisotopic (exact) mass is 219 g/mol. The number of rotatable bonds is 4. The molecule has 2 N–H and O–H groups in total. The lowest BCUT2D eigenvalue weighted by molar-refractivity contribution is -0.125. The summed E-state index contributed by atoms with van der Waals surface area (Å²) in [5.74, 6) is 3.23. The summed E-state index contributed by atoms with van der Waals surface area (Å²) in [6.07, 6.45) is 7.95. The summed E-state index contributed by atoms with van der Waals surface area (Å²) in [6, 6.07) is 0. The van der Waals surface area contributed by atoms with Gasteiger partial charge in [0.1, 0.15) is 5.82 Å². The first-order valence-corrected chi connectivity index (χ1v) is 6.09. The number of amides is 1. The van der Waals surface area contributed by atoms with Crippen molar-refractivity contribution >= 4 is 5.91 Å². The van der Waals surface area contributed by atoms with Crippen molar-refractivity contribution in [2.24, 2.45) is 17.8 Å². The van der Waals surface area contributed by atoms with Gasteiger partial charge in [0.2, 0.25) is 5.91 Å². The molecule has 0 aliphatic heterocycles. The van der Waals surface area contributed by atoms with Crippen LogP contribution >= 0.6 is 0 Å². The minimum atomic E-state index is 0.249. The topological polar surface area (TPSA) is 57.8 Å². The van der Waals surface area contributed by atoms with Crippen LogP contribution < -0.4 is 5.32 Å². The van der Waals surface area contributed by atoms with E-state index in [4.69, 9.17) is 0 Å². The average Bonchev–Trinajstić information content (AvgIpc) is 2.72. The van der Waals surface area contributed by atoms with E-state index in [1.165, 1.54) is 6.42 Å². The third-order valence-corrected chi connectivity index (χ3v) is 3.83. The standard InChI is InChI=1S/C12H17N3O/c16-12(10-6-8-5-9(8)7-10)15-2-1-11-13-3-4-14-11/h3-4,8-10H,1-2,5-7H2,(H,13,14)(H,15,16). The number of nitrogens with zero attached hydrogens (tertiary/aromatic N) is 1. The van der Waals surface area contributed by atoms with Gasteiger partial charge in [-0.15, -0.1) is 0 Å². The van der Waals surface area contributed by atoms with E-state index in [-0.39, 0.29) is 5.91 Å². The Balaban J connectivity index is 1.40. The number of carbonyl (C=O) groups excluding carboxylic acids is 1. The molecule has 2 aliphatic carbocycles. The number of hydrogen-bond donors (Lipinski definition) is 2. The highest BCUT2D eigenvalue weighted by molar-refractivity contribution is 5.79. The van der Waals surface area contributed by atoms with Crippen LogP contribution in [0.2, 0.25) is 0 Å². The molecule has 2 unspecified atom stereocenters. The van der Waals surface area contributed by atoms with Crippen LogP contribution in [0.25, 0.3) is 0 Å². The van der Waals surface area contributed by atoms with Crippen molar-refractivity contribution in [1.82, 2.24) is 15.3 Å². The Hall–Kier alpha value is -1.32. The molecule has 2 fully saturated rings. The molecule has 0 radical (unpaired) electrons. The molecule has 1 heterocycles. The zero-order valence-electron chi connectivity index (χ0n) is 9.28. The van der Waals surface area contributed by atoms with Gasteiger partial charge in [-0.25, -0.2) is 4.98 Å². The Morgan fingerprint density at radius 1 is 1.44 bits per heavy atom. The maximum Gasteiger partial charge on any atom is 0.223 e. The van der Waals surface area contributed by atoms with Gasteiger partial charge in [-0.05, 0) is 31.1 Å². The normalized spacial score (nSPS) is 31.1. The van der Waals surface area contributed by atoms with Crippen molar-refractivity contribution in [2.75, 3.05) is 6.54 Å². The molecule has 0 saturated heterocycles. The third kappa shape index (κ3) is 1.96. The summed E-state index contributed by atoms with van der Waals surface area (Å²) in [5, 5.41) is 3.01. The molecule has 16 heavy (non-hydrogen) atoms. The van der Waals surface area contributed by atoms with E-state index in [1.807, 2.05) is 6.20 Å². The molecule has 2 saturated carbocycles. The first kappa shape index (κ1) is 9.87. The maximum atomic E-state index is 11.8. The van der Waals surface area contributed by atoms with Crippen molar-refractivity contribution in [3.05, 3.63) is 18.2 Å². The van der Waals surface area contributed by atoms with Gasteiger partial charge in [0.15, 0.2) is 0 Å². The number of H-pyrrole nitrogens is 1. The Morgan fingerprint density at radius 3 is 2.94 bits per heavy atom. The summed E-state index contributed by atoms with van der Waals surface area (Å²) in [6.45, 7) is 0.693. The van der Waals surface area contributed by atoms with Crippen LogP contribution in [0, 0.1) is 17.8 Å². The Labute approximate surface area is 94.8 Å². The number of aromatic amines is 1. The predicted octanol–water partition coefficient (Wildman–Crippen LogP) is 1.11. The Morgan fingerprint density at radius 2 is 2.25 bits per heavy atom. The van der Waals surface area contributed by atoms with E-state index in [1.54, 1.807) is 6.20 Å². The molecule has 0 aromatic carbocycles. The summed E-state index contributed by atoms with van der Waals surface area (Å²) in [7, 11) is 0. The largest absolute Gasteiger partial charge is 0.355 e. The SMILES string of the molecule is O=C(NCCc1ncc[nH]1)C1CC2CC2C1. The van der Waals surface area contributed by atoms with Crippen molar-refractivity contribution in [3.8, 4) is 0 Å². The van der Waals surface area contributed by atoms with Gasteiger partial charge in [0.05, 0.1) is 0 Å². The summed E-state index contributed by atoms with van der Waals surface area (Å²) < 4.78 is 0. The zero-order valence-corrected chi connectivity index (χ0v) is 9.28. The minimum absolute atomic E-state index is 0.249. The van der Waals surface area contributed by atoms with E-state index in [2.05, 4.69) is 15.3 Å². The first-order valence-electron chi connectivity index (χ1n) is 6.09. The van der Waals surface area contributed by atoms with Crippen LogP contribution in [0.5, 0.6) is 0 Å². The van der Waals surface area contributed by atoms with Gasteiger partial charge in [0.25, 0.3) is 0 Å². The second-order valence-electron chi connectivity index (χ2n) is 5.00. The van der Waals surface area contributed by atoms with Crippen LogP contribution in [-0.4, -0.2) is 22.4 Å². The molecule has 2 atom stereocenters. The van der Waals surface area contributed by atoms with E-state index >= 15 is 0 Å². The first-order chi connectivity index (χ1) is 7.83. The molecular formula is C12H17N3O. The molecule has 3 rings (SSSR count). The Bertz CT molecular complexity index is 364. The van der Waals surface area contributed by atoms with E-state index in [9.17, 15) is 4.79 Å². The number of fused-ring (bicyclic) bond motifs is 1. The number of nitrogens with one attached hydrogen (secondary N) is 2. The molecule has 0 spiro atoms. The van der Waals surface area contributed by atoms with Crippen LogP contribution in [-0.2, 0) is 11.2 Å². The number of hydrogen-bond acceptors (Lipinski definition) is 2. The van der Waals surface area contributed by atoms with Crippen LogP contribution in [0.15, 0.2) is 12.4 Å². The van der Waals surface area contributed by atoms with Crippen molar-refractivity contribution in [1.29, 1.82) is 0 Å². The average molecular weight is 219 g/mol. The molecule has 4 heteroatoms. The molecule has 2 aliphatic rings. The lowest BCUT2D eigenvalue weighted by Gasteiger charge is -2.11. The molecule has 4 nitrogen and oxygen atoms in total. The van der Waals surface area contributed by atoms with Gasteiger partial charge in [-0.2, -0.15) is 0 Å². The summed E-state index contributed by atoms with van der Waals surface area (Å²) in [5.41, 5.74) is 0. The highest BCUT2D eigenvalue weighted by atomic mass is 16.1. The van der Waals surface area contributed by atoms with Gasteiger partial charge < -0.3 is 10.3 Å². The van der Waals surface area contributed by atoms with Gasteiger partial charge in [-0.1, -0.05) is 0 Å². The fourth-order valence-corrected chi connectivity index (χ4v) is 2.81. The number of imidazole rings is 1. The fraction of sp³-hybridized carbons (Fsp3) is 0.667. The van der Waals surface area contributed by atoms with Crippen molar-refractivity contribution < 1.29 is 4.79 Å². The Kier molecular flexibility index (Phi) is 2.42. The molecule has 86 valence electrons. The molecular weight excluding hydrogens is 202 g/mol. The van der Waals surface area contributed by atoms with Crippen molar-refractivity contribution in [3.63, 3.8) is 0 Å². The quantitative estimate of drug-likeness (QED) is 0.797. The second kappa shape index (κ2) is 3.92. The molecule has 1 amide bonds. The van der Waals surface area contributed by atoms with Crippen LogP contribution in [0.3, 0.4) is 0 Å². The van der Waals surface area contributed by atoms with Gasteiger partial charge in [-0.3, -0.25) is 4.79 Å². The summed E-state index contributed by atoms with van der Waals surface area (Å²) in [4.78, 5) is 19.0. The van der Waals surface area contributed by atoms with Crippen LogP contribution in [0.4, 0.5) is 0 Å². The number of carbonyl (C=O) groups is 1. The van der Waals surface area contributed by atoms with Crippen molar-refractivity contribution in [2.45, 2.75) is 25.7 Å². The maximum absolute atomic E-state index is 11.8. The molecule has 1 aromatic heterocycles. The highest BCUT2D eigenvalue weighted by Gasteiger charge is 2.47. The van der Waals surface area contributed by atoms with E-state index in [0.29, 0.717) is 12.5 Å². The highest BCUT2D eigenvalue weighted by Crippen LogP contribution is 2.54. The van der Waals surface area contributed by atoms with Gasteiger partial charge in [0, 0.05) is 31.3 Å². The van der Waals surface area contributed by atoms with E-state index in [0.717, 1.165) is 36.9 Å². The van der Waals surface area contributed by atoms with Crippen LogP contribution in [0.1, 0.15) is 25.1 Å². The summed E-state index contributed by atoms with van der Waals surface area (Å²) >= 11 is 0. The third-order valence-electron chi connectivity index (χ3n) is 3.83. The lowest BCUT2D eigenvalue weighted by atomic mass is 10.0. The number of aromatic nitrogens is 2. The molecule has 1 aromatic rings. The fourth-order valence-electron chi connectivity index (χ4n) is 2.81. The van der Waals surface area contributed by atoms with Gasteiger partial charge >= 0.3 is 0 Å². The smallest absolute Gasteiger partial charge is 0.223 e. The lowest BCUT2D eigenvalue weighted by Crippen LogP contribution is -2.31. The second-order valence-corrected chi connectivity index (χ2v) is 5.00. The van der Waals surface area contributed by atoms with E-state index < -0.39 is 0 Å².